The number of halogens is 1. The molecule has 1 aliphatic carbocycles. The largest absolute Gasteiger partial charge is 0.243 e. The molecule has 1 saturated carbocycles. The molecule has 0 spiro atoms. The molecule has 3 rings (SSSR count). The van der Waals surface area contributed by atoms with Gasteiger partial charge >= 0.3 is 0 Å². The van der Waals surface area contributed by atoms with Crippen molar-refractivity contribution in [3.8, 4) is 0 Å². The standard InChI is InChI=1S/C22H29ClN2O4S2/c1-3-17(2)24-30(26,27)21-12-14-22(15-13-21)31(28,29)25(20-6-4-5-7-20)16-18-8-10-19(23)11-9-18/h8-15,17,20,24H,3-7,16H2,1-2H3/t17-/m1/s1. The van der Waals surface area contributed by atoms with E-state index in [2.05, 4.69) is 4.72 Å². The number of nitrogens with one attached hydrogen (secondary N) is 1. The van der Waals surface area contributed by atoms with Gasteiger partial charge in [0.25, 0.3) is 0 Å². The van der Waals surface area contributed by atoms with Crippen LogP contribution >= 0.6 is 11.6 Å². The van der Waals surface area contributed by atoms with Gasteiger partial charge in [0.15, 0.2) is 0 Å². The van der Waals surface area contributed by atoms with Gasteiger partial charge in [-0.3, -0.25) is 0 Å². The van der Waals surface area contributed by atoms with E-state index in [1.54, 1.807) is 23.4 Å². The van der Waals surface area contributed by atoms with Gasteiger partial charge in [-0.05, 0) is 68.1 Å². The van der Waals surface area contributed by atoms with Crippen LogP contribution in [0.3, 0.4) is 0 Å². The number of benzene rings is 2. The van der Waals surface area contributed by atoms with Crippen molar-refractivity contribution >= 4 is 31.6 Å². The molecule has 170 valence electrons. The summed E-state index contributed by atoms with van der Waals surface area (Å²) in [6.45, 7) is 3.92. The zero-order valence-electron chi connectivity index (χ0n) is 17.8. The highest BCUT2D eigenvalue weighted by molar-refractivity contribution is 7.89. The number of rotatable bonds is 9. The van der Waals surface area contributed by atoms with Gasteiger partial charge in [0.1, 0.15) is 0 Å². The Balaban J connectivity index is 1.89. The Bertz CT molecular complexity index is 1080. The van der Waals surface area contributed by atoms with Gasteiger partial charge < -0.3 is 0 Å². The SMILES string of the molecule is CC[C@@H](C)NS(=O)(=O)c1ccc(S(=O)(=O)N(Cc2ccc(Cl)cc2)C2CCCC2)cc1. The topological polar surface area (TPSA) is 83.5 Å². The molecule has 2 aromatic carbocycles. The number of sulfonamides is 2. The first-order chi connectivity index (χ1) is 14.6. The molecule has 0 unspecified atom stereocenters. The number of nitrogens with zero attached hydrogens (tertiary/aromatic N) is 1. The first-order valence-electron chi connectivity index (χ1n) is 10.5. The van der Waals surface area contributed by atoms with Crippen LogP contribution in [0, 0.1) is 0 Å². The van der Waals surface area contributed by atoms with Crippen LogP contribution in [-0.2, 0) is 26.6 Å². The fourth-order valence-electron chi connectivity index (χ4n) is 3.71. The molecule has 0 amide bonds. The lowest BCUT2D eigenvalue weighted by Gasteiger charge is -2.28. The molecular formula is C22H29ClN2O4S2. The van der Waals surface area contributed by atoms with E-state index < -0.39 is 20.0 Å². The Labute approximate surface area is 190 Å². The first-order valence-corrected chi connectivity index (χ1v) is 13.8. The molecule has 0 saturated heterocycles. The van der Waals surface area contributed by atoms with Gasteiger partial charge in [0, 0.05) is 23.7 Å². The van der Waals surface area contributed by atoms with Crippen molar-refractivity contribution in [2.75, 3.05) is 0 Å². The minimum atomic E-state index is -3.80. The fourth-order valence-corrected chi connectivity index (χ4v) is 6.84. The van der Waals surface area contributed by atoms with E-state index >= 15 is 0 Å². The van der Waals surface area contributed by atoms with E-state index in [1.807, 2.05) is 19.1 Å². The van der Waals surface area contributed by atoms with Crippen molar-refractivity contribution in [2.24, 2.45) is 0 Å². The van der Waals surface area contributed by atoms with Gasteiger partial charge in [0.05, 0.1) is 9.79 Å². The molecular weight excluding hydrogens is 456 g/mol. The van der Waals surface area contributed by atoms with Gasteiger partial charge in [-0.25, -0.2) is 21.6 Å². The lowest BCUT2D eigenvalue weighted by molar-refractivity contribution is 0.316. The molecule has 0 heterocycles. The minimum Gasteiger partial charge on any atom is -0.208 e. The van der Waals surface area contributed by atoms with E-state index in [-0.39, 0.29) is 28.4 Å². The van der Waals surface area contributed by atoms with Crippen LogP contribution in [-0.4, -0.2) is 33.2 Å². The molecule has 1 N–H and O–H groups in total. The monoisotopic (exact) mass is 484 g/mol. The smallest absolute Gasteiger partial charge is 0.208 e. The van der Waals surface area contributed by atoms with Gasteiger partial charge in [-0.1, -0.05) is 43.5 Å². The molecule has 9 heteroatoms. The van der Waals surface area contributed by atoms with Crippen molar-refractivity contribution in [1.82, 2.24) is 9.03 Å². The summed E-state index contributed by atoms with van der Waals surface area (Å²) in [4.78, 5) is 0.146. The van der Waals surface area contributed by atoms with E-state index in [9.17, 15) is 16.8 Å². The average Bonchev–Trinajstić information content (AvgIpc) is 3.27. The van der Waals surface area contributed by atoms with Crippen molar-refractivity contribution in [3.05, 3.63) is 59.1 Å². The second-order valence-electron chi connectivity index (χ2n) is 8.02. The molecule has 31 heavy (non-hydrogen) atoms. The van der Waals surface area contributed by atoms with Crippen LogP contribution in [0.25, 0.3) is 0 Å². The predicted molar refractivity (Wildman–Crippen MR) is 123 cm³/mol. The number of hydrogen-bond acceptors (Lipinski definition) is 4. The third-order valence-electron chi connectivity index (χ3n) is 5.69. The summed E-state index contributed by atoms with van der Waals surface area (Å²) in [6.07, 6.45) is 4.29. The molecule has 0 aromatic heterocycles. The normalized spacial score (nSPS) is 16.6. The highest BCUT2D eigenvalue weighted by Crippen LogP contribution is 2.31. The molecule has 1 fully saturated rings. The Hall–Kier alpha value is -1.45. The molecule has 0 radical (unpaired) electrons. The van der Waals surface area contributed by atoms with E-state index in [1.165, 1.54) is 24.3 Å². The van der Waals surface area contributed by atoms with Crippen LogP contribution in [0.2, 0.25) is 5.02 Å². The third-order valence-corrected chi connectivity index (χ3v) is 9.46. The zero-order chi connectivity index (χ0) is 22.6. The fraction of sp³-hybridized carbons (Fsp3) is 0.455. The quantitative estimate of drug-likeness (QED) is 0.565. The summed E-state index contributed by atoms with van der Waals surface area (Å²) in [5.41, 5.74) is 0.858. The van der Waals surface area contributed by atoms with Crippen LogP contribution in [0.15, 0.2) is 58.3 Å². The van der Waals surface area contributed by atoms with Crippen LogP contribution in [0.5, 0.6) is 0 Å². The van der Waals surface area contributed by atoms with Crippen molar-refractivity contribution < 1.29 is 16.8 Å². The van der Waals surface area contributed by atoms with E-state index in [4.69, 9.17) is 11.6 Å². The minimum absolute atomic E-state index is 0.0527. The lowest BCUT2D eigenvalue weighted by atomic mass is 10.2. The summed E-state index contributed by atoms with van der Waals surface area (Å²) in [5.74, 6) is 0. The summed E-state index contributed by atoms with van der Waals surface area (Å²) < 4.78 is 56.1. The molecule has 1 atom stereocenters. The van der Waals surface area contributed by atoms with Crippen LogP contribution in [0.4, 0.5) is 0 Å². The van der Waals surface area contributed by atoms with Gasteiger partial charge in [-0.15, -0.1) is 0 Å². The van der Waals surface area contributed by atoms with Gasteiger partial charge in [-0.2, -0.15) is 4.31 Å². The highest BCUT2D eigenvalue weighted by atomic mass is 35.5. The Kier molecular flexibility index (Phi) is 7.81. The van der Waals surface area contributed by atoms with Crippen molar-refractivity contribution in [2.45, 2.75) is 74.4 Å². The van der Waals surface area contributed by atoms with E-state index in [0.717, 1.165) is 31.2 Å². The molecule has 0 aliphatic heterocycles. The second-order valence-corrected chi connectivity index (χ2v) is 12.1. The predicted octanol–water partition coefficient (Wildman–Crippen LogP) is 4.55. The number of hydrogen-bond donors (Lipinski definition) is 1. The Morgan fingerprint density at radius 2 is 1.52 bits per heavy atom. The first kappa shape index (κ1) is 24.2. The van der Waals surface area contributed by atoms with E-state index in [0.29, 0.717) is 11.4 Å². The average molecular weight is 485 g/mol. The molecule has 1 aliphatic rings. The maximum absolute atomic E-state index is 13.5. The van der Waals surface area contributed by atoms with Crippen LogP contribution in [0.1, 0.15) is 51.5 Å². The Morgan fingerprint density at radius 3 is 2.06 bits per heavy atom. The lowest BCUT2D eigenvalue weighted by Crippen LogP contribution is -2.38. The third kappa shape index (κ3) is 5.87. The second kappa shape index (κ2) is 10.0. The maximum Gasteiger partial charge on any atom is 0.243 e. The molecule has 0 bridgehead atoms. The maximum atomic E-state index is 13.5. The van der Waals surface area contributed by atoms with Crippen LogP contribution < -0.4 is 4.72 Å². The molecule has 6 nitrogen and oxygen atoms in total. The highest BCUT2D eigenvalue weighted by Gasteiger charge is 2.33. The Morgan fingerprint density at radius 1 is 0.968 bits per heavy atom. The zero-order valence-corrected chi connectivity index (χ0v) is 20.2. The van der Waals surface area contributed by atoms with Crippen molar-refractivity contribution in [3.63, 3.8) is 0 Å². The summed E-state index contributed by atoms with van der Waals surface area (Å²) in [7, 11) is -7.49. The molecule has 2 aromatic rings. The summed E-state index contributed by atoms with van der Waals surface area (Å²) >= 11 is 5.97. The van der Waals surface area contributed by atoms with Crippen molar-refractivity contribution in [1.29, 1.82) is 0 Å². The van der Waals surface area contributed by atoms with Gasteiger partial charge in [0.2, 0.25) is 20.0 Å². The summed E-state index contributed by atoms with van der Waals surface area (Å²) in [5, 5.41) is 0.599. The summed E-state index contributed by atoms with van der Waals surface area (Å²) in [6, 6.07) is 12.3.